The van der Waals surface area contributed by atoms with Crippen LogP contribution in [0.4, 0.5) is 10.5 Å². The average molecular weight is 490 g/mol. The molecule has 11 nitrogen and oxygen atoms in total. The molecule has 184 valence electrons. The fourth-order valence-corrected chi connectivity index (χ4v) is 4.04. The van der Waals surface area contributed by atoms with Gasteiger partial charge in [-0.15, -0.1) is 0 Å². The highest BCUT2D eigenvalue weighted by molar-refractivity contribution is 6.11. The van der Waals surface area contributed by atoms with Gasteiger partial charge in [0.25, 0.3) is 11.8 Å². The summed E-state index contributed by atoms with van der Waals surface area (Å²) in [6.07, 6.45) is 1.50. The Balaban J connectivity index is 1.27. The van der Waals surface area contributed by atoms with Gasteiger partial charge in [-0.05, 0) is 48.9 Å². The molecular formula is C25H22N4O7. The molecule has 2 aliphatic heterocycles. The van der Waals surface area contributed by atoms with Crippen LogP contribution in [0.3, 0.4) is 0 Å². The smallest absolute Gasteiger partial charge is 0.325 e. The van der Waals surface area contributed by atoms with Gasteiger partial charge in [0, 0.05) is 0 Å². The lowest BCUT2D eigenvalue weighted by molar-refractivity contribution is -0.133. The fraction of sp³-hybridized carbons (Fsp3) is 0.200. The number of anilines is 1. The molecule has 1 saturated heterocycles. The Morgan fingerprint density at radius 3 is 2.67 bits per heavy atom. The van der Waals surface area contributed by atoms with Crippen molar-refractivity contribution in [3.8, 4) is 11.5 Å². The highest BCUT2D eigenvalue weighted by Gasteiger charge is 2.50. The van der Waals surface area contributed by atoms with Crippen molar-refractivity contribution in [3.05, 3.63) is 77.7 Å². The van der Waals surface area contributed by atoms with Gasteiger partial charge in [-0.2, -0.15) is 0 Å². The molecule has 36 heavy (non-hydrogen) atoms. The average Bonchev–Trinajstić information content (AvgIpc) is 3.60. The largest absolute Gasteiger partial charge is 0.467 e. The van der Waals surface area contributed by atoms with E-state index in [1.54, 1.807) is 61.5 Å². The number of amides is 5. The fourth-order valence-electron chi connectivity index (χ4n) is 4.04. The lowest BCUT2D eigenvalue weighted by Crippen LogP contribution is -2.42. The Hall–Kier alpha value is -4.80. The van der Waals surface area contributed by atoms with Crippen LogP contribution in [0.2, 0.25) is 0 Å². The molecule has 2 aromatic carbocycles. The topological polar surface area (TPSA) is 139 Å². The molecule has 1 fully saturated rings. The Labute approximate surface area is 205 Å². The number of para-hydroxylation sites is 1. The zero-order valence-electron chi connectivity index (χ0n) is 19.2. The summed E-state index contributed by atoms with van der Waals surface area (Å²) in [6, 6.07) is 14.1. The summed E-state index contributed by atoms with van der Waals surface area (Å²) in [5.74, 6) is -0.0663. The first-order chi connectivity index (χ1) is 17.3. The van der Waals surface area contributed by atoms with Gasteiger partial charge in [-0.25, -0.2) is 4.79 Å². The van der Waals surface area contributed by atoms with Gasteiger partial charge < -0.3 is 29.8 Å². The Morgan fingerprint density at radius 2 is 1.86 bits per heavy atom. The predicted molar refractivity (Wildman–Crippen MR) is 125 cm³/mol. The van der Waals surface area contributed by atoms with Gasteiger partial charge >= 0.3 is 6.03 Å². The molecule has 3 N–H and O–H groups in total. The molecule has 3 aromatic rings. The molecule has 0 bridgehead atoms. The summed E-state index contributed by atoms with van der Waals surface area (Å²) in [4.78, 5) is 52.2. The molecule has 0 radical (unpaired) electrons. The summed E-state index contributed by atoms with van der Waals surface area (Å²) < 4.78 is 15.9. The molecule has 0 unspecified atom stereocenters. The number of urea groups is 1. The van der Waals surface area contributed by atoms with E-state index in [0.29, 0.717) is 22.8 Å². The number of ether oxygens (including phenoxy) is 2. The summed E-state index contributed by atoms with van der Waals surface area (Å²) in [5, 5.41) is 7.99. The van der Waals surface area contributed by atoms with E-state index >= 15 is 0 Å². The van der Waals surface area contributed by atoms with Crippen LogP contribution >= 0.6 is 0 Å². The van der Waals surface area contributed by atoms with E-state index in [4.69, 9.17) is 13.9 Å². The summed E-state index contributed by atoms with van der Waals surface area (Å²) in [6.45, 7) is 1.27. The van der Waals surface area contributed by atoms with Crippen LogP contribution in [-0.2, 0) is 21.7 Å². The predicted octanol–water partition coefficient (Wildman–Crippen LogP) is 2.34. The number of hydrogen-bond donors (Lipinski definition) is 3. The molecule has 0 spiro atoms. The van der Waals surface area contributed by atoms with Crippen molar-refractivity contribution in [1.29, 1.82) is 0 Å². The van der Waals surface area contributed by atoms with Crippen LogP contribution in [0.25, 0.3) is 0 Å². The van der Waals surface area contributed by atoms with Crippen molar-refractivity contribution in [1.82, 2.24) is 15.5 Å². The number of nitrogens with one attached hydrogen (secondary N) is 3. The summed E-state index contributed by atoms with van der Waals surface area (Å²) >= 11 is 0. The van der Waals surface area contributed by atoms with Gasteiger partial charge in [-0.1, -0.05) is 18.2 Å². The van der Waals surface area contributed by atoms with Gasteiger partial charge in [0.1, 0.15) is 17.8 Å². The van der Waals surface area contributed by atoms with E-state index in [9.17, 15) is 19.2 Å². The maximum absolute atomic E-state index is 13.2. The number of furan rings is 1. The molecule has 5 amide bonds. The van der Waals surface area contributed by atoms with Gasteiger partial charge in [-0.3, -0.25) is 19.3 Å². The Bertz CT molecular complexity index is 1350. The number of carbonyl (C=O) groups excluding carboxylic acids is 4. The minimum atomic E-state index is -1.39. The number of hydrogen-bond acceptors (Lipinski definition) is 7. The van der Waals surface area contributed by atoms with Crippen molar-refractivity contribution in [2.45, 2.75) is 19.0 Å². The lowest BCUT2D eigenvalue weighted by atomic mass is 9.91. The minimum Gasteiger partial charge on any atom is -0.467 e. The molecule has 0 saturated carbocycles. The van der Waals surface area contributed by atoms with Crippen molar-refractivity contribution in [2.75, 3.05) is 18.7 Å². The first kappa shape index (κ1) is 23.0. The highest BCUT2D eigenvalue weighted by atomic mass is 16.7. The number of rotatable bonds is 7. The molecule has 11 heteroatoms. The number of carbonyl (C=O) groups is 4. The second-order valence-electron chi connectivity index (χ2n) is 8.37. The number of fused-ring (bicyclic) bond motifs is 1. The quantitative estimate of drug-likeness (QED) is 0.432. The molecule has 2 aliphatic rings. The monoisotopic (exact) mass is 490 g/mol. The Morgan fingerprint density at radius 1 is 1.06 bits per heavy atom. The van der Waals surface area contributed by atoms with Gasteiger partial charge in [0.2, 0.25) is 12.7 Å². The van der Waals surface area contributed by atoms with E-state index < -0.39 is 35.8 Å². The highest BCUT2D eigenvalue weighted by Crippen LogP contribution is 2.37. The molecule has 3 heterocycles. The summed E-state index contributed by atoms with van der Waals surface area (Å²) in [5.41, 5.74) is -0.432. The zero-order chi connectivity index (χ0) is 25.3. The van der Waals surface area contributed by atoms with Crippen LogP contribution in [0, 0.1) is 0 Å². The van der Waals surface area contributed by atoms with E-state index in [1.807, 2.05) is 0 Å². The van der Waals surface area contributed by atoms with Crippen LogP contribution in [0.5, 0.6) is 11.5 Å². The molecule has 1 atom stereocenters. The van der Waals surface area contributed by atoms with E-state index in [1.165, 1.54) is 6.26 Å². The normalized spacial score (nSPS) is 18.2. The molecular weight excluding hydrogens is 468 g/mol. The maximum atomic E-state index is 13.2. The van der Waals surface area contributed by atoms with Gasteiger partial charge in [0.05, 0.1) is 24.1 Å². The third-order valence-electron chi connectivity index (χ3n) is 5.98. The van der Waals surface area contributed by atoms with Crippen LogP contribution in [-0.4, -0.2) is 42.0 Å². The SMILES string of the molecule is C[C@]1(c2ccc3c(c2)OCO3)NC(=O)N(CC(=O)Nc2ccccc2C(=O)NCc2ccco2)C1=O. The number of imide groups is 1. The first-order valence-electron chi connectivity index (χ1n) is 11.1. The van der Waals surface area contributed by atoms with Crippen LogP contribution < -0.4 is 25.4 Å². The molecule has 0 aliphatic carbocycles. The molecule has 1 aromatic heterocycles. The number of benzene rings is 2. The van der Waals surface area contributed by atoms with E-state index in [2.05, 4.69) is 16.0 Å². The minimum absolute atomic E-state index is 0.0739. The first-order valence-corrected chi connectivity index (χ1v) is 11.1. The third kappa shape index (κ3) is 4.22. The van der Waals surface area contributed by atoms with Crippen molar-refractivity contribution < 1.29 is 33.1 Å². The second kappa shape index (κ2) is 9.10. The van der Waals surface area contributed by atoms with E-state index in [0.717, 1.165) is 4.90 Å². The van der Waals surface area contributed by atoms with Crippen LogP contribution in [0.15, 0.2) is 65.3 Å². The standard InChI is InChI=1S/C25H22N4O7/c1-25(15-8-9-19-20(11-15)36-14-35-19)23(32)29(24(33)28-25)13-21(30)27-18-7-3-2-6-17(18)22(31)26-12-16-5-4-10-34-16/h2-11H,12-14H2,1H3,(H,26,31)(H,27,30)(H,28,33)/t25-/m1/s1. The second-order valence-corrected chi connectivity index (χ2v) is 8.37. The zero-order valence-corrected chi connectivity index (χ0v) is 19.2. The third-order valence-corrected chi connectivity index (χ3v) is 5.98. The lowest BCUT2D eigenvalue weighted by Gasteiger charge is -2.22. The van der Waals surface area contributed by atoms with Gasteiger partial charge in [0.15, 0.2) is 11.5 Å². The van der Waals surface area contributed by atoms with E-state index in [-0.39, 0.29) is 24.6 Å². The Kier molecular flexibility index (Phi) is 5.80. The maximum Gasteiger partial charge on any atom is 0.325 e. The van der Waals surface area contributed by atoms with Crippen molar-refractivity contribution in [2.24, 2.45) is 0 Å². The summed E-state index contributed by atoms with van der Waals surface area (Å²) in [7, 11) is 0. The van der Waals surface area contributed by atoms with Crippen LogP contribution in [0.1, 0.15) is 28.6 Å². The van der Waals surface area contributed by atoms with Crippen molar-refractivity contribution >= 4 is 29.4 Å². The molecule has 5 rings (SSSR count). The van der Waals surface area contributed by atoms with Crippen molar-refractivity contribution in [3.63, 3.8) is 0 Å². The number of nitrogens with zero attached hydrogens (tertiary/aromatic N) is 1.